The Labute approximate surface area is 107 Å². The van der Waals surface area contributed by atoms with Crippen molar-refractivity contribution in [2.75, 3.05) is 20.1 Å². The number of nitrogens with zero attached hydrogens (tertiary/aromatic N) is 1. The summed E-state index contributed by atoms with van der Waals surface area (Å²) in [5.41, 5.74) is 8.10. The normalized spacial score (nSPS) is 22.0. The maximum atomic E-state index is 10.7. The monoisotopic (exact) mass is 248 g/mol. The Kier molecular flexibility index (Phi) is 3.99. The van der Waals surface area contributed by atoms with Crippen LogP contribution in [0.2, 0.25) is 0 Å². The van der Waals surface area contributed by atoms with Crippen LogP contribution in [0, 0.1) is 0 Å². The molecule has 2 rings (SSSR count). The molecule has 4 heteroatoms. The van der Waals surface area contributed by atoms with Crippen LogP contribution in [0.1, 0.15) is 35.9 Å². The summed E-state index contributed by atoms with van der Waals surface area (Å²) in [6.07, 6.45) is 1.14. The fraction of sp³-hybridized carbons (Fsp3) is 0.500. The summed E-state index contributed by atoms with van der Waals surface area (Å²) in [6, 6.07) is 7.65. The van der Waals surface area contributed by atoms with Gasteiger partial charge in [-0.3, -0.25) is 4.79 Å². The standard InChI is InChI=1S/C14H20N2O2/c1-16-6-5-12(9-16)10-3-2-4-11(7-10)13(15)8-14(17)18/h2-4,7,12-13H,5-6,8-9,15H2,1H3,(H,17,18). The number of hydrogen-bond acceptors (Lipinski definition) is 3. The molecule has 1 aliphatic rings. The van der Waals surface area contributed by atoms with Crippen molar-refractivity contribution in [2.24, 2.45) is 5.73 Å². The summed E-state index contributed by atoms with van der Waals surface area (Å²) in [7, 11) is 2.13. The van der Waals surface area contributed by atoms with Gasteiger partial charge in [0.1, 0.15) is 0 Å². The zero-order valence-electron chi connectivity index (χ0n) is 10.7. The topological polar surface area (TPSA) is 66.6 Å². The van der Waals surface area contributed by atoms with E-state index in [0.29, 0.717) is 5.92 Å². The molecule has 4 nitrogen and oxygen atoms in total. The average molecular weight is 248 g/mol. The largest absolute Gasteiger partial charge is 0.481 e. The van der Waals surface area contributed by atoms with Crippen LogP contribution in [0.4, 0.5) is 0 Å². The second kappa shape index (κ2) is 5.50. The highest BCUT2D eigenvalue weighted by molar-refractivity contribution is 5.67. The molecule has 1 aromatic carbocycles. The molecule has 18 heavy (non-hydrogen) atoms. The van der Waals surface area contributed by atoms with E-state index in [1.165, 1.54) is 5.56 Å². The molecule has 0 radical (unpaired) electrons. The summed E-state index contributed by atoms with van der Waals surface area (Å²) < 4.78 is 0. The van der Waals surface area contributed by atoms with E-state index < -0.39 is 12.0 Å². The number of nitrogens with two attached hydrogens (primary N) is 1. The molecule has 0 aromatic heterocycles. The molecule has 1 aromatic rings. The van der Waals surface area contributed by atoms with Crippen molar-refractivity contribution in [1.82, 2.24) is 4.90 Å². The lowest BCUT2D eigenvalue weighted by Gasteiger charge is -2.15. The number of carbonyl (C=O) groups is 1. The number of hydrogen-bond donors (Lipinski definition) is 2. The van der Waals surface area contributed by atoms with E-state index in [1.54, 1.807) is 0 Å². The van der Waals surface area contributed by atoms with Gasteiger partial charge in [0.05, 0.1) is 6.42 Å². The van der Waals surface area contributed by atoms with Crippen LogP contribution in [-0.2, 0) is 4.79 Å². The van der Waals surface area contributed by atoms with Gasteiger partial charge in [-0.05, 0) is 37.1 Å². The predicted octanol–water partition coefficient (Wildman–Crippen LogP) is 1.58. The Morgan fingerprint density at radius 3 is 3.00 bits per heavy atom. The van der Waals surface area contributed by atoms with Crippen molar-refractivity contribution >= 4 is 5.97 Å². The minimum absolute atomic E-state index is 0.0198. The Hall–Kier alpha value is -1.39. The molecular formula is C14H20N2O2. The van der Waals surface area contributed by atoms with Gasteiger partial charge in [-0.1, -0.05) is 24.3 Å². The molecule has 0 amide bonds. The first kappa shape index (κ1) is 13.1. The number of likely N-dealkylation sites (N-methyl/N-ethyl adjacent to an activating group) is 1. The molecule has 0 aliphatic carbocycles. The number of likely N-dealkylation sites (tertiary alicyclic amines) is 1. The number of carboxylic acids is 1. The predicted molar refractivity (Wildman–Crippen MR) is 70.5 cm³/mol. The first-order valence-electron chi connectivity index (χ1n) is 6.32. The van der Waals surface area contributed by atoms with Gasteiger partial charge in [-0.2, -0.15) is 0 Å². The third-order valence-electron chi connectivity index (χ3n) is 3.60. The van der Waals surface area contributed by atoms with Crippen molar-refractivity contribution in [3.63, 3.8) is 0 Å². The molecule has 0 saturated carbocycles. The molecule has 1 heterocycles. The molecule has 2 atom stereocenters. The van der Waals surface area contributed by atoms with Crippen LogP contribution >= 0.6 is 0 Å². The third kappa shape index (κ3) is 3.09. The average Bonchev–Trinajstić information content (AvgIpc) is 2.75. The van der Waals surface area contributed by atoms with Gasteiger partial charge in [-0.25, -0.2) is 0 Å². The zero-order valence-corrected chi connectivity index (χ0v) is 10.7. The number of aliphatic carboxylic acids is 1. The molecule has 3 N–H and O–H groups in total. The quantitative estimate of drug-likeness (QED) is 0.849. The summed E-state index contributed by atoms with van der Waals surface area (Å²) in [5.74, 6) is -0.305. The zero-order chi connectivity index (χ0) is 13.1. The smallest absolute Gasteiger partial charge is 0.305 e. The van der Waals surface area contributed by atoms with Gasteiger partial charge in [0, 0.05) is 12.6 Å². The third-order valence-corrected chi connectivity index (χ3v) is 3.60. The van der Waals surface area contributed by atoms with Crippen LogP contribution in [0.3, 0.4) is 0 Å². The van der Waals surface area contributed by atoms with Gasteiger partial charge in [0.25, 0.3) is 0 Å². The summed E-state index contributed by atoms with van der Waals surface area (Å²) in [5, 5.41) is 8.77. The molecule has 98 valence electrons. The lowest BCUT2D eigenvalue weighted by atomic mass is 9.94. The Morgan fingerprint density at radius 2 is 2.39 bits per heavy atom. The number of carboxylic acid groups (broad SMARTS) is 1. The Morgan fingerprint density at radius 1 is 1.61 bits per heavy atom. The van der Waals surface area contributed by atoms with Crippen molar-refractivity contribution < 1.29 is 9.90 Å². The Balaban J connectivity index is 2.12. The summed E-state index contributed by atoms with van der Waals surface area (Å²) in [6.45, 7) is 2.19. The first-order chi connectivity index (χ1) is 8.56. The van der Waals surface area contributed by atoms with Crippen LogP contribution < -0.4 is 5.73 Å². The molecule has 1 saturated heterocycles. The maximum Gasteiger partial charge on any atom is 0.305 e. The van der Waals surface area contributed by atoms with Crippen molar-refractivity contribution in [3.05, 3.63) is 35.4 Å². The fourth-order valence-corrected chi connectivity index (χ4v) is 2.56. The molecular weight excluding hydrogens is 228 g/mol. The minimum Gasteiger partial charge on any atom is -0.481 e. The number of rotatable bonds is 4. The lowest BCUT2D eigenvalue weighted by molar-refractivity contribution is -0.137. The van der Waals surface area contributed by atoms with E-state index >= 15 is 0 Å². The van der Waals surface area contributed by atoms with Gasteiger partial charge >= 0.3 is 5.97 Å². The molecule has 0 spiro atoms. The molecule has 0 bridgehead atoms. The number of benzene rings is 1. The lowest BCUT2D eigenvalue weighted by Crippen LogP contribution is -2.16. The van der Waals surface area contributed by atoms with Gasteiger partial charge in [0.15, 0.2) is 0 Å². The highest BCUT2D eigenvalue weighted by Gasteiger charge is 2.21. The van der Waals surface area contributed by atoms with E-state index in [9.17, 15) is 4.79 Å². The second-order valence-corrected chi connectivity index (χ2v) is 5.12. The fourth-order valence-electron chi connectivity index (χ4n) is 2.56. The van der Waals surface area contributed by atoms with E-state index in [-0.39, 0.29) is 6.42 Å². The van der Waals surface area contributed by atoms with Crippen molar-refractivity contribution in [2.45, 2.75) is 24.8 Å². The molecule has 1 fully saturated rings. The van der Waals surface area contributed by atoms with Crippen LogP contribution in [0.5, 0.6) is 0 Å². The first-order valence-corrected chi connectivity index (χ1v) is 6.32. The van der Waals surface area contributed by atoms with Crippen LogP contribution in [0.15, 0.2) is 24.3 Å². The second-order valence-electron chi connectivity index (χ2n) is 5.12. The highest BCUT2D eigenvalue weighted by atomic mass is 16.4. The molecule has 1 aliphatic heterocycles. The van der Waals surface area contributed by atoms with Crippen molar-refractivity contribution in [1.29, 1.82) is 0 Å². The van der Waals surface area contributed by atoms with Crippen LogP contribution in [0.25, 0.3) is 0 Å². The van der Waals surface area contributed by atoms with Gasteiger partial charge in [-0.15, -0.1) is 0 Å². The van der Waals surface area contributed by atoms with E-state index in [1.807, 2.05) is 12.1 Å². The van der Waals surface area contributed by atoms with E-state index in [0.717, 1.165) is 25.1 Å². The SMILES string of the molecule is CN1CCC(c2cccc(C(N)CC(=O)O)c2)C1. The minimum atomic E-state index is -0.853. The van der Waals surface area contributed by atoms with E-state index in [4.69, 9.17) is 10.8 Å². The van der Waals surface area contributed by atoms with Gasteiger partial charge < -0.3 is 15.7 Å². The van der Waals surface area contributed by atoms with Gasteiger partial charge in [0.2, 0.25) is 0 Å². The highest BCUT2D eigenvalue weighted by Crippen LogP contribution is 2.28. The maximum absolute atomic E-state index is 10.7. The summed E-state index contributed by atoms with van der Waals surface area (Å²) >= 11 is 0. The van der Waals surface area contributed by atoms with Crippen LogP contribution in [-0.4, -0.2) is 36.1 Å². The Bertz CT molecular complexity index is 434. The van der Waals surface area contributed by atoms with E-state index in [2.05, 4.69) is 24.1 Å². The molecule has 2 unspecified atom stereocenters. The van der Waals surface area contributed by atoms with Crippen molar-refractivity contribution in [3.8, 4) is 0 Å². The summed E-state index contributed by atoms with van der Waals surface area (Å²) in [4.78, 5) is 13.0.